The summed E-state index contributed by atoms with van der Waals surface area (Å²) in [5.74, 6) is 1.56. The summed E-state index contributed by atoms with van der Waals surface area (Å²) >= 11 is 1.48. The van der Waals surface area contributed by atoms with Crippen molar-refractivity contribution in [2.24, 2.45) is 5.92 Å². The Labute approximate surface area is 130 Å². The second kappa shape index (κ2) is 6.56. The van der Waals surface area contributed by atoms with Gasteiger partial charge in [0.05, 0.1) is 12.1 Å². The summed E-state index contributed by atoms with van der Waals surface area (Å²) in [6.45, 7) is 4.39. The summed E-state index contributed by atoms with van der Waals surface area (Å²) in [6.07, 6.45) is 9.77. The van der Waals surface area contributed by atoms with E-state index in [0.717, 1.165) is 17.4 Å². The maximum absolute atomic E-state index is 4.63. The summed E-state index contributed by atoms with van der Waals surface area (Å²) in [5.41, 5.74) is 0. The van der Waals surface area contributed by atoms with Gasteiger partial charge in [-0.2, -0.15) is 9.47 Å². The fourth-order valence-electron chi connectivity index (χ4n) is 2.99. The van der Waals surface area contributed by atoms with E-state index in [1.54, 1.807) is 0 Å². The predicted octanol–water partition coefficient (Wildman–Crippen LogP) is 3.53. The molecule has 6 heteroatoms. The first kappa shape index (κ1) is 14.5. The van der Waals surface area contributed by atoms with Crippen LogP contribution in [0.2, 0.25) is 0 Å². The zero-order valence-corrected chi connectivity index (χ0v) is 13.5. The van der Waals surface area contributed by atoms with Gasteiger partial charge in [0.1, 0.15) is 5.82 Å². The highest BCUT2D eigenvalue weighted by Crippen LogP contribution is 2.31. The summed E-state index contributed by atoms with van der Waals surface area (Å²) in [4.78, 5) is 4.63. The Morgan fingerprint density at radius 1 is 1.38 bits per heavy atom. The van der Waals surface area contributed by atoms with Crippen LogP contribution in [0.1, 0.15) is 51.4 Å². The van der Waals surface area contributed by atoms with Gasteiger partial charge in [-0.3, -0.25) is 4.68 Å². The molecule has 2 atom stereocenters. The molecule has 3 rings (SSSR count). The Morgan fingerprint density at radius 2 is 2.24 bits per heavy atom. The molecule has 2 heterocycles. The molecular weight excluding hydrogens is 282 g/mol. The van der Waals surface area contributed by atoms with E-state index in [1.165, 1.54) is 37.2 Å². The van der Waals surface area contributed by atoms with Crippen LogP contribution in [-0.2, 0) is 6.42 Å². The first-order valence-electron chi connectivity index (χ1n) is 7.80. The summed E-state index contributed by atoms with van der Waals surface area (Å²) < 4.78 is 6.55. The normalized spacial score (nSPS) is 22.6. The summed E-state index contributed by atoms with van der Waals surface area (Å²) in [5, 5.41) is 8.97. The summed E-state index contributed by atoms with van der Waals surface area (Å²) in [7, 11) is 0. The molecule has 114 valence electrons. The van der Waals surface area contributed by atoms with E-state index in [-0.39, 0.29) is 0 Å². The summed E-state index contributed by atoms with van der Waals surface area (Å²) in [6, 6.07) is 2.82. The molecule has 0 bridgehead atoms. The molecule has 1 fully saturated rings. The molecule has 1 N–H and O–H groups in total. The average molecular weight is 305 g/mol. The van der Waals surface area contributed by atoms with Crippen molar-refractivity contribution >= 4 is 16.7 Å². The molecular formula is C15H23N5S. The fraction of sp³-hybridized carbons (Fsp3) is 0.667. The van der Waals surface area contributed by atoms with Gasteiger partial charge >= 0.3 is 0 Å². The predicted molar refractivity (Wildman–Crippen MR) is 85.6 cm³/mol. The molecule has 2 aromatic heterocycles. The van der Waals surface area contributed by atoms with E-state index in [4.69, 9.17) is 0 Å². The number of aromatic nitrogens is 4. The minimum atomic E-state index is 0.401. The maximum Gasteiger partial charge on any atom is 0.202 e. The zero-order chi connectivity index (χ0) is 14.7. The Balaban J connectivity index is 1.68. The maximum atomic E-state index is 4.63. The van der Waals surface area contributed by atoms with Crippen molar-refractivity contribution in [3.05, 3.63) is 24.3 Å². The van der Waals surface area contributed by atoms with Crippen LogP contribution in [0.3, 0.4) is 0 Å². The van der Waals surface area contributed by atoms with Crippen molar-refractivity contribution < 1.29 is 0 Å². The fourth-order valence-corrected chi connectivity index (χ4v) is 3.65. The minimum absolute atomic E-state index is 0.401. The van der Waals surface area contributed by atoms with Gasteiger partial charge < -0.3 is 5.32 Å². The third-order valence-corrected chi connectivity index (χ3v) is 4.65. The molecule has 0 amide bonds. The molecule has 2 unspecified atom stereocenters. The highest BCUT2D eigenvalue weighted by atomic mass is 32.1. The standard InChI is InChI=1S/C15H23N5S/c1-11(2)10-14-18-15(21-19-14)17-12-6-3-4-7-13(12)20-9-5-8-16-20/h5,8-9,11-13H,3-4,6-7,10H2,1-2H3,(H,17,18,19). The Morgan fingerprint density at radius 3 is 3.00 bits per heavy atom. The van der Waals surface area contributed by atoms with Crippen LogP contribution < -0.4 is 5.32 Å². The van der Waals surface area contributed by atoms with Gasteiger partial charge in [0.2, 0.25) is 5.13 Å². The Bertz CT molecular complexity index is 548. The molecule has 1 aliphatic rings. The van der Waals surface area contributed by atoms with Crippen molar-refractivity contribution in [1.29, 1.82) is 0 Å². The molecule has 0 saturated heterocycles. The van der Waals surface area contributed by atoms with E-state index in [9.17, 15) is 0 Å². The van der Waals surface area contributed by atoms with Gasteiger partial charge in [0.25, 0.3) is 0 Å². The van der Waals surface area contributed by atoms with E-state index in [2.05, 4.69) is 44.5 Å². The molecule has 5 nitrogen and oxygen atoms in total. The van der Waals surface area contributed by atoms with Gasteiger partial charge in [-0.15, -0.1) is 0 Å². The van der Waals surface area contributed by atoms with Gasteiger partial charge in [0.15, 0.2) is 0 Å². The van der Waals surface area contributed by atoms with E-state index < -0.39 is 0 Å². The van der Waals surface area contributed by atoms with Gasteiger partial charge in [-0.25, -0.2) is 4.98 Å². The number of anilines is 1. The highest BCUT2D eigenvalue weighted by Gasteiger charge is 2.27. The molecule has 0 aliphatic heterocycles. The second-order valence-corrected chi connectivity index (χ2v) is 6.95. The second-order valence-electron chi connectivity index (χ2n) is 6.20. The number of hydrogen-bond acceptors (Lipinski definition) is 5. The average Bonchev–Trinajstić information content (AvgIpc) is 3.11. The van der Waals surface area contributed by atoms with Crippen molar-refractivity contribution in [3.63, 3.8) is 0 Å². The Hall–Kier alpha value is -1.43. The van der Waals surface area contributed by atoms with Gasteiger partial charge in [-0.1, -0.05) is 26.7 Å². The minimum Gasteiger partial charge on any atom is -0.355 e. The van der Waals surface area contributed by atoms with Crippen LogP contribution in [0.5, 0.6) is 0 Å². The van der Waals surface area contributed by atoms with Crippen LogP contribution in [0.4, 0.5) is 5.13 Å². The van der Waals surface area contributed by atoms with E-state index in [1.807, 2.05) is 12.3 Å². The molecule has 0 spiro atoms. The van der Waals surface area contributed by atoms with E-state index >= 15 is 0 Å². The largest absolute Gasteiger partial charge is 0.355 e. The van der Waals surface area contributed by atoms with E-state index in [0.29, 0.717) is 18.0 Å². The molecule has 1 aliphatic carbocycles. The molecule has 0 aromatic carbocycles. The first-order chi connectivity index (χ1) is 10.2. The lowest BCUT2D eigenvalue weighted by molar-refractivity contribution is 0.301. The highest BCUT2D eigenvalue weighted by molar-refractivity contribution is 7.09. The SMILES string of the molecule is CC(C)Cc1nsc(NC2CCCCC2n2cccn2)n1. The van der Waals surface area contributed by atoms with Crippen LogP contribution in [0.25, 0.3) is 0 Å². The van der Waals surface area contributed by atoms with Crippen LogP contribution in [-0.4, -0.2) is 25.2 Å². The molecule has 0 radical (unpaired) electrons. The lowest BCUT2D eigenvalue weighted by atomic mass is 9.90. The number of nitrogens with one attached hydrogen (secondary N) is 1. The quantitative estimate of drug-likeness (QED) is 0.918. The monoisotopic (exact) mass is 305 g/mol. The van der Waals surface area contributed by atoms with Crippen molar-refractivity contribution in [2.45, 2.75) is 58.0 Å². The van der Waals surface area contributed by atoms with Crippen molar-refractivity contribution in [2.75, 3.05) is 5.32 Å². The van der Waals surface area contributed by atoms with Crippen LogP contribution >= 0.6 is 11.5 Å². The lowest BCUT2D eigenvalue weighted by Crippen LogP contribution is -2.34. The first-order valence-corrected chi connectivity index (χ1v) is 8.58. The topological polar surface area (TPSA) is 55.6 Å². The third-order valence-electron chi connectivity index (χ3n) is 3.96. The van der Waals surface area contributed by atoms with Crippen molar-refractivity contribution in [1.82, 2.24) is 19.1 Å². The number of rotatable bonds is 5. The van der Waals surface area contributed by atoms with Crippen LogP contribution in [0, 0.1) is 5.92 Å². The third kappa shape index (κ3) is 3.61. The smallest absolute Gasteiger partial charge is 0.202 e. The number of nitrogens with zero attached hydrogens (tertiary/aromatic N) is 4. The molecule has 21 heavy (non-hydrogen) atoms. The van der Waals surface area contributed by atoms with Crippen LogP contribution in [0.15, 0.2) is 18.5 Å². The molecule has 2 aromatic rings. The molecule has 1 saturated carbocycles. The number of hydrogen-bond donors (Lipinski definition) is 1. The van der Waals surface area contributed by atoms with Gasteiger partial charge in [0, 0.05) is 30.3 Å². The Kier molecular flexibility index (Phi) is 4.53. The lowest BCUT2D eigenvalue weighted by Gasteiger charge is -2.32. The van der Waals surface area contributed by atoms with Crippen molar-refractivity contribution in [3.8, 4) is 0 Å². The van der Waals surface area contributed by atoms with Gasteiger partial charge in [-0.05, 0) is 24.8 Å². The zero-order valence-electron chi connectivity index (χ0n) is 12.7.